The van der Waals surface area contributed by atoms with Gasteiger partial charge in [0.1, 0.15) is 0 Å². The van der Waals surface area contributed by atoms with Crippen LogP contribution in [0.2, 0.25) is 0 Å². The molecule has 0 fully saturated rings. The van der Waals surface area contributed by atoms with Crippen LogP contribution in [0.3, 0.4) is 0 Å². The smallest absolute Gasteiger partial charge is 0.0175 e. The molecular formula is C22H18Br. The first-order valence-electron chi connectivity index (χ1n) is 8.06. The van der Waals surface area contributed by atoms with Crippen LogP contribution in [-0.4, -0.2) is 0 Å². The molecule has 3 aromatic carbocycles. The van der Waals surface area contributed by atoms with Gasteiger partial charge in [-0.25, -0.2) is 0 Å². The van der Waals surface area contributed by atoms with Crippen molar-refractivity contribution < 1.29 is 0 Å². The van der Waals surface area contributed by atoms with Gasteiger partial charge in [-0.05, 0) is 65.1 Å². The predicted octanol–water partition coefficient (Wildman–Crippen LogP) is 6.40. The number of fused-ring (bicyclic) bond motifs is 1. The Kier molecular flexibility index (Phi) is 4.05. The zero-order valence-electron chi connectivity index (χ0n) is 12.9. The van der Waals surface area contributed by atoms with Gasteiger partial charge in [-0.3, -0.25) is 0 Å². The van der Waals surface area contributed by atoms with Crippen molar-refractivity contribution in [1.82, 2.24) is 0 Å². The highest BCUT2D eigenvalue weighted by molar-refractivity contribution is 9.10. The van der Waals surface area contributed by atoms with E-state index in [0.29, 0.717) is 5.92 Å². The second-order valence-corrected chi connectivity index (χ2v) is 7.08. The van der Waals surface area contributed by atoms with E-state index in [1.165, 1.54) is 27.8 Å². The van der Waals surface area contributed by atoms with Crippen molar-refractivity contribution in [3.63, 3.8) is 0 Å². The van der Waals surface area contributed by atoms with Crippen LogP contribution in [0.5, 0.6) is 0 Å². The standard InChI is InChI=1S/C22H18Br/c23-22-13-11-18(12-14-22)17-5-7-19(8-6-17)21-10-9-16-3-1-2-4-20(16)15-21/h1-9,11-14,21H,10,15H2. The van der Waals surface area contributed by atoms with E-state index in [0.717, 1.165) is 17.3 Å². The van der Waals surface area contributed by atoms with Crippen molar-refractivity contribution in [3.8, 4) is 11.1 Å². The number of hydrogen-bond acceptors (Lipinski definition) is 0. The first kappa shape index (κ1) is 14.7. The number of hydrogen-bond donors (Lipinski definition) is 0. The SMILES string of the molecule is Brc1ccc(-c2ccc(C3C[CH]c4ccccc4C3)cc2)cc1. The van der Waals surface area contributed by atoms with Gasteiger partial charge in [-0.1, -0.05) is 76.6 Å². The van der Waals surface area contributed by atoms with E-state index in [1.54, 1.807) is 0 Å². The van der Waals surface area contributed by atoms with Crippen molar-refractivity contribution >= 4 is 15.9 Å². The summed E-state index contributed by atoms with van der Waals surface area (Å²) < 4.78 is 1.12. The van der Waals surface area contributed by atoms with E-state index in [2.05, 4.69) is 95.1 Å². The minimum Gasteiger partial charge on any atom is -0.0620 e. The number of benzene rings is 3. The fourth-order valence-electron chi connectivity index (χ4n) is 3.38. The third-order valence-electron chi connectivity index (χ3n) is 4.70. The molecule has 0 aliphatic heterocycles. The van der Waals surface area contributed by atoms with Gasteiger partial charge in [0, 0.05) is 4.47 Å². The molecule has 0 aromatic heterocycles. The lowest BCUT2D eigenvalue weighted by molar-refractivity contribution is 0.649. The summed E-state index contributed by atoms with van der Waals surface area (Å²) >= 11 is 3.49. The van der Waals surface area contributed by atoms with Crippen LogP contribution in [0.25, 0.3) is 11.1 Å². The maximum Gasteiger partial charge on any atom is 0.0175 e. The normalized spacial score (nSPS) is 16.8. The van der Waals surface area contributed by atoms with E-state index < -0.39 is 0 Å². The average Bonchev–Trinajstić information content (AvgIpc) is 2.62. The average molecular weight is 362 g/mol. The van der Waals surface area contributed by atoms with Crippen LogP contribution in [0, 0.1) is 6.42 Å². The van der Waals surface area contributed by atoms with Crippen molar-refractivity contribution in [2.45, 2.75) is 18.8 Å². The van der Waals surface area contributed by atoms with Gasteiger partial charge in [-0.15, -0.1) is 0 Å². The third-order valence-corrected chi connectivity index (χ3v) is 5.23. The summed E-state index contributed by atoms with van der Waals surface area (Å²) in [6, 6.07) is 26.3. The van der Waals surface area contributed by atoms with Gasteiger partial charge < -0.3 is 0 Å². The van der Waals surface area contributed by atoms with E-state index in [-0.39, 0.29) is 0 Å². The minimum absolute atomic E-state index is 0.601. The molecule has 0 saturated heterocycles. The molecule has 1 unspecified atom stereocenters. The van der Waals surface area contributed by atoms with E-state index in [9.17, 15) is 0 Å². The molecule has 1 heteroatoms. The van der Waals surface area contributed by atoms with Crippen LogP contribution in [-0.2, 0) is 6.42 Å². The van der Waals surface area contributed by atoms with Gasteiger partial charge >= 0.3 is 0 Å². The first-order valence-corrected chi connectivity index (χ1v) is 8.86. The Labute approximate surface area is 146 Å². The Bertz CT molecular complexity index is 800. The quantitative estimate of drug-likeness (QED) is 0.495. The van der Waals surface area contributed by atoms with Gasteiger partial charge in [0.25, 0.3) is 0 Å². The molecule has 23 heavy (non-hydrogen) atoms. The zero-order chi connectivity index (χ0) is 15.6. The molecule has 1 aliphatic carbocycles. The van der Waals surface area contributed by atoms with Gasteiger partial charge in [0.2, 0.25) is 0 Å². The van der Waals surface area contributed by atoms with Crippen molar-refractivity contribution in [2.75, 3.05) is 0 Å². The Hall–Kier alpha value is -1.86. The lowest BCUT2D eigenvalue weighted by atomic mass is 9.80. The van der Waals surface area contributed by atoms with E-state index >= 15 is 0 Å². The molecule has 3 aromatic rings. The number of rotatable bonds is 2. The molecule has 1 aliphatic rings. The maximum atomic E-state index is 3.49. The van der Waals surface area contributed by atoms with Crippen LogP contribution in [0.1, 0.15) is 29.0 Å². The van der Waals surface area contributed by atoms with E-state index in [4.69, 9.17) is 0 Å². The monoisotopic (exact) mass is 361 g/mol. The van der Waals surface area contributed by atoms with E-state index in [1.807, 2.05) is 0 Å². The molecule has 0 spiro atoms. The van der Waals surface area contributed by atoms with Gasteiger partial charge in [0.05, 0.1) is 0 Å². The Morgan fingerprint density at radius 3 is 2.13 bits per heavy atom. The zero-order valence-corrected chi connectivity index (χ0v) is 14.5. The maximum absolute atomic E-state index is 3.49. The van der Waals surface area contributed by atoms with Gasteiger partial charge in [0.15, 0.2) is 0 Å². The molecule has 0 amide bonds. The molecule has 1 radical (unpaired) electrons. The Morgan fingerprint density at radius 1 is 0.739 bits per heavy atom. The molecule has 1 atom stereocenters. The summed E-state index contributed by atoms with van der Waals surface area (Å²) in [5.74, 6) is 0.601. The molecule has 0 saturated carbocycles. The molecular weight excluding hydrogens is 344 g/mol. The van der Waals surface area contributed by atoms with Crippen LogP contribution in [0.15, 0.2) is 77.3 Å². The second kappa shape index (κ2) is 6.33. The highest BCUT2D eigenvalue weighted by atomic mass is 79.9. The fourth-order valence-corrected chi connectivity index (χ4v) is 3.65. The molecule has 113 valence electrons. The largest absolute Gasteiger partial charge is 0.0620 e. The van der Waals surface area contributed by atoms with Crippen LogP contribution < -0.4 is 0 Å². The van der Waals surface area contributed by atoms with Crippen molar-refractivity contribution in [2.24, 2.45) is 0 Å². The minimum atomic E-state index is 0.601. The summed E-state index contributed by atoms with van der Waals surface area (Å²) in [6.45, 7) is 0. The van der Waals surface area contributed by atoms with Crippen LogP contribution in [0.4, 0.5) is 0 Å². The Morgan fingerprint density at radius 2 is 1.39 bits per heavy atom. The summed E-state index contributed by atoms with van der Waals surface area (Å²) in [4.78, 5) is 0. The topological polar surface area (TPSA) is 0 Å². The highest BCUT2D eigenvalue weighted by Crippen LogP contribution is 2.34. The second-order valence-electron chi connectivity index (χ2n) is 6.17. The molecule has 4 rings (SSSR count). The summed E-state index contributed by atoms with van der Waals surface area (Å²) in [5.41, 5.74) is 6.87. The fraction of sp³-hybridized carbons (Fsp3) is 0.136. The highest BCUT2D eigenvalue weighted by Gasteiger charge is 2.19. The molecule has 0 nitrogen and oxygen atoms in total. The molecule has 0 heterocycles. The predicted molar refractivity (Wildman–Crippen MR) is 100 cm³/mol. The van der Waals surface area contributed by atoms with Gasteiger partial charge in [-0.2, -0.15) is 0 Å². The van der Waals surface area contributed by atoms with Crippen LogP contribution >= 0.6 is 15.9 Å². The summed E-state index contributed by atoms with van der Waals surface area (Å²) in [7, 11) is 0. The first-order chi connectivity index (χ1) is 11.3. The summed E-state index contributed by atoms with van der Waals surface area (Å²) in [6.07, 6.45) is 4.66. The molecule has 0 bridgehead atoms. The summed E-state index contributed by atoms with van der Waals surface area (Å²) in [5, 5.41) is 0. The lowest BCUT2D eigenvalue weighted by Crippen LogP contribution is -2.11. The number of halogens is 1. The lowest BCUT2D eigenvalue weighted by Gasteiger charge is -2.24. The molecule has 0 N–H and O–H groups in total. The van der Waals surface area contributed by atoms with Crippen molar-refractivity contribution in [3.05, 3.63) is 100 Å². The Balaban J connectivity index is 1.56. The van der Waals surface area contributed by atoms with Crippen molar-refractivity contribution in [1.29, 1.82) is 0 Å². The third kappa shape index (κ3) is 3.11.